The van der Waals surface area contributed by atoms with Gasteiger partial charge in [-0.2, -0.15) is 0 Å². The Morgan fingerprint density at radius 3 is 2.70 bits per heavy atom. The monoisotopic (exact) mass is 276 g/mol. The maximum atomic E-state index is 9.09. The van der Waals surface area contributed by atoms with Gasteiger partial charge in [0.15, 0.2) is 0 Å². The Bertz CT molecular complexity index is 441. The minimum atomic E-state index is 0.282. The van der Waals surface area contributed by atoms with Gasteiger partial charge in [0.1, 0.15) is 18.0 Å². The van der Waals surface area contributed by atoms with Gasteiger partial charge in [0, 0.05) is 32.3 Å². The van der Waals surface area contributed by atoms with Gasteiger partial charge in [0.25, 0.3) is 0 Å². The van der Waals surface area contributed by atoms with Crippen LogP contribution in [0.4, 0.5) is 11.6 Å². The van der Waals surface area contributed by atoms with Gasteiger partial charge in [-0.3, -0.25) is 0 Å². The Hall–Kier alpha value is -1.36. The largest absolute Gasteiger partial charge is 0.396 e. The van der Waals surface area contributed by atoms with Gasteiger partial charge >= 0.3 is 0 Å². The van der Waals surface area contributed by atoms with Crippen molar-refractivity contribution in [3.8, 4) is 0 Å². The molecule has 0 amide bonds. The maximum absolute atomic E-state index is 9.09. The summed E-state index contributed by atoms with van der Waals surface area (Å²) in [5.74, 6) is 1.94. The number of nitrogens with zero attached hydrogens (tertiary/aromatic N) is 3. The van der Waals surface area contributed by atoms with Crippen molar-refractivity contribution in [2.24, 2.45) is 5.41 Å². The van der Waals surface area contributed by atoms with Crippen molar-refractivity contribution in [2.75, 3.05) is 36.5 Å². The lowest BCUT2D eigenvalue weighted by Gasteiger charge is -2.27. The van der Waals surface area contributed by atoms with Gasteiger partial charge in [-0.25, -0.2) is 9.97 Å². The molecule has 1 aliphatic heterocycles. The number of aliphatic hydroxyl groups excluding tert-OH is 1. The van der Waals surface area contributed by atoms with Gasteiger partial charge in [-0.05, 0) is 43.9 Å². The second-order valence-electron chi connectivity index (χ2n) is 6.14. The molecule has 5 nitrogen and oxygen atoms in total. The number of nitrogens with one attached hydrogen (secondary N) is 1. The van der Waals surface area contributed by atoms with Gasteiger partial charge in [0.2, 0.25) is 0 Å². The lowest BCUT2D eigenvalue weighted by atomic mass is 10.0. The van der Waals surface area contributed by atoms with Crippen LogP contribution in [0.25, 0.3) is 0 Å². The number of piperidine rings is 1. The molecule has 2 aliphatic rings. The van der Waals surface area contributed by atoms with E-state index in [1.165, 1.54) is 32.1 Å². The molecule has 2 fully saturated rings. The minimum Gasteiger partial charge on any atom is -0.396 e. The van der Waals surface area contributed by atoms with E-state index in [0.717, 1.165) is 37.7 Å². The number of aliphatic hydroxyl groups is 1. The normalized spacial score (nSPS) is 20.8. The number of aromatic nitrogens is 2. The Labute approximate surface area is 120 Å². The Balaban J connectivity index is 1.59. The van der Waals surface area contributed by atoms with Crippen LogP contribution >= 0.6 is 0 Å². The third-order valence-electron chi connectivity index (χ3n) is 4.58. The van der Waals surface area contributed by atoms with Crippen LogP contribution in [0.5, 0.6) is 0 Å². The highest BCUT2D eigenvalue weighted by Gasteiger charge is 2.41. The molecule has 1 aromatic rings. The lowest BCUT2D eigenvalue weighted by Crippen LogP contribution is -2.30. The Morgan fingerprint density at radius 1 is 1.20 bits per heavy atom. The summed E-state index contributed by atoms with van der Waals surface area (Å²) >= 11 is 0. The first-order valence-electron chi connectivity index (χ1n) is 7.73. The van der Waals surface area contributed by atoms with E-state index in [0.29, 0.717) is 5.41 Å². The van der Waals surface area contributed by atoms with Gasteiger partial charge in [0.05, 0.1) is 0 Å². The zero-order valence-electron chi connectivity index (χ0n) is 12.0. The highest BCUT2D eigenvalue weighted by molar-refractivity contribution is 5.48. The Kier molecular flexibility index (Phi) is 4.05. The fourth-order valence-electron chi connectivity index (χ4n) is 2.95. The molecular weight excluding hydrogens is 252 g/mol. The summed E-state index contributed by atoms with van der Waals surface area (Å²) in [6, 6.07) is 2.06. The molecular formula is C15H24N4O. The third kappa shape index (κ3) is 3.20. The molecule has 1 saturated carbocycles. The van der Waals surface area contributed by atoms with Crippen LogP contribution in [-0.2, 0) is 0 Å². The molecule has 2 heterocycles. The molecule has 20 heavy (non-hydrogen) atoms. The second kappa shape index (κ2) is 5.95. The van der Waals surface area contributed by atoms with Crippen molar-refractivity contribution in [3.63, 3.8) is 0 Å². The van der Waals surface area contributed by atoms with Crippen molar-refractivity contribution in [2.45, 2.75) is 38.5 Å². The average molecular weight is 276 g/mol. The first kappa shape index (κ1) is 13.6. The minimum absolute atomic E-state index is 0.282. The third-order valence-corrected chi connectivity index (χ3v) is 4.58. The van der Waals surface area contributed by atoms with Crippen LogP contribution < -0.4 is 10.2 Å². The quantitative estimate of drug-likeness (QED) is 0.832. The number of hydrogen-bond donors (Lipinski definition) is 2. The van der Waals surface area contributed by atoms with Crippen molar-refractivity contribution in [3.05, 3.63) is 12.4 Å². The topological polar surface area (TPSA) is 61.3 Å². The van der Waals surface area contributed by atoms with Crippen LogP contribution in [0, 0.1) is 5.41 Å². The zero-order chi connectivity index (χ0) is 13.8. The molecule has 3 rings (SSSR count). The first-order valence-corrected chi connectivity index (χ1v) is 7.73. The molecule has 0 radical (unpaired) electrons. The highest BCUT2D eigenvalue weighted by Crippen LogP contribution is 2.48. The van der Waals surface area contributed by atoms with E-state index < -0.39 is 0 Å². The smallest absolute Gasteiger partial charge is 0.134 e. The lowest BCUT2D eigenvalue weighted by molar-refractivity contribution is 0.253. The molecule has 1 saturated heterocycles. The van der Waals surface area contributed by atoms with Crippen molar-refractivity contribution >= 4 is 11.6 Å². The predicted octanol–water partition coefficient (Wildman–Crippen LogP) is 2.04. The number of hydrogen-bond acceptors (Lipinski definition) is 5. The van der Waals surface area contributed by atoms with Crippen molar-refractivity contribution in [1.29, 1.82) is 0 Å². The van der Waals surface area contributed by atoms with E-state index in [2.05, 4.69) is 26.3 Å². The summed E-state index contributed by atoms with van der Waals surface area (Å²) in [5.41, 5.74) is 0.311. The van der Waals surface area contributed by atoms with E-state index in [4.69, 9.17) is 5.11 Å². The van der Waals surface area contributed by atoms with Crippen LogP contribution in [0.3, 0.4) is 0 Å². The molecule has 0 unspecified atom stereocenters. The molecule has 0 aromatic carbocycles. The van der Waals surface area contributed by atoms with Crippen molar-refractivity contribution in [1.82, 2.24) is 9.97 Å². The van der Waals surface area contributed by atoms with E-state index in [1.807, 2.05) is 0 Å². The van der Waals surface area contributed by atoms with Gasteiger partial charge in [-0.15, -0.1) is 0 Å². The van der Waals surface area contributed by atoms with Crippen LogP contribution in [-0.4, -0.2) is 41.3 Å². The van der Waals surface area contributed by atoms with E-state index in [-0.39, 0.29) is 6.61 Å². The molecule has 1 aliphatic carbocycles. The fraction of sp³-hybridized carbons (Fsp3) is 0.733. The summed E-state index contributed by atoms with van der Waals surface area (Å²) in [5, 5.41) is 12.5. The summed E-state index contributed by atoms with van der Waals surface area (Å²) in [4.78, 5) is 11.1. The summed E-state index contributed by atoms with van der Waals surface area (Å²) in [7, 11) is 0. The molecule has 1 aromatic heterocycles. The summed E-state index contributed by atoms with van der Waals surface area (Å²) < 4.78 is 0. The highest BCUT2D eigenvalue weighted by atomic mass is 16.3. The zero-order valence-corrected chi connectivity index (χ0v) is 12.0. The molecule has 5 heteroatoms. The van der Waals surface area contributed by atoms with E-state index in [1.54, 1.807) is 6.33 Å². The molecule has 0 spiro atoms. The van der Waals surface area contributed by atoms with Gasteiger partial charge in [-0.1, -0.05) is 0 Å². The van der Waals surface area contributed by atoms with E-state index in [9.17, 15) is 0 Å². The average Bonchev–Trinajstić information content (AvgIpc) is 3.27. The molecule has 110 valence electrons. The van der Waals surface area contributed by atoms with Crippen molar-refractivity contribution < 1.29 is 5.11 Å². The fourth-order valence-corrected chi connectivity index (χ4v) is 2.95. The number of rotatable bonds is 6. The SMILES string of the molecule is OCCC1(CNc2cc(N3CCCCC3)ncn2)CC1. The standard InChI is InChI=1S/C15H24N4O/c20-9-6-15(4-5-15)11-16-13-10-14(18-12-17-13)19-7-2-1-3-8-19/h10,12,20H,1-9,11H2,(H,16,17,18). The van der Waals surface area contributed by atoms with Crippen LogP contribution in [0.15, 0.2) is 12.4 Å². The first-order chi connectivity index (χ1) is 9.81. The van der Waals surface area contributed by atoms with Crippen LogP contribution in [0.1, 0.15) is 38.5 Å². The summed E-state index contributed by atoms with van der Waals surface area (Å²) in [6.45, 7) is 3.39. The maximum Gasteiger partial charge on any atom is 0.134 e. The molecule has 2 N–H and O–H groups in total. The predicted molar refractivity (Wildman–Crippen MR) is 80.0 cm³/mol. The Morgan fingerprint density at radius 2 is 2.00 bits per heavy atom. The van der Waals surface area contributed by atoms with Gasteiger partial charge < -0.3 is 15.3 Å². The second-order valence-corrected chi connectivity index (χ2v) is 6.14. The van der Waals surface area contributed by atoms with Crippen LogP contribution in [0.2, 0.25) is 0 Å². The summed E-state index contributed by atoms with van der Waals surface area (Å²) in [6.07, 6.45) is 8.81. The molecule has 0 bridgehead atoms. The molecule has 0 atom stereocenters. The van der Waals surface area contributed by atoms with E-state index >= 15 is 0 Å². The number of anilines is 2.